The highest BCUT2D eigenvalue weighted by Crippen LogP contribution is 2.29. The molecule has 0 atom stereocenters. The molecule has 0 radical (unpaired) electrons. The van der Waals surface area contributed by atoms with Crippen molar-refractivity contribution in [1.29, 1.82) is 0 Å². The molecule has 2 aromatic heterocycles. The van der Waals surface area contributed by atoms with Gasteiger partial charge in [0.25, 0.3) is 0 Å². The van der Waals surface area contributed by atoms with Gasteiger partial charge in [0, 0.05) is 18.1 Å². The molecule has 0 aliphatic rings. The van der Waals surface area contributed by atoms with Crippen LogP contribution in [0.5, 0.6) is 11.6 Å². The average Bonchev–Trinajstić information content (AvgIpc) is 2.96. The lowest BCUT2D eigenvalue weighted by molar-refractivity contribution is 0.452. The van der Waals surface area contributed by atoms with E-state index in [2.05, 4.69) is 10.3 Å². The van der Waals surface area contributed by atoms with Crippen LogP contribution in [0.3, 0.4) is 0 Å². The van der Waals surface area contributed by atoms with Crippen LogP contribution in [0.1, 0.15) is 11.3 Å². The van der Waals surface area contributed by atoms with E-state index >= 15 is 0 Å². The van der Waals surface area contributed by atoms with Crippen molar-refractivity contribution in [3.8, 4) is 11.6 Å². The maximum absolute atomic E-state index is 13.1. The molecule has 0 fully saturated rings. The Kier molecular flexibility index (Phi) is 3.42. The molecule has 20 heavy (non-hydrogen) atoms. The number of aryl methyl sites for hydroxylation is 1. The van der Waals surface area contributed by atoms with Crippen molar-refractivity contribution in [1.82, 2.24) is 14.7 Å². The van der Waals surface area contributed by atoms with Gasteiger partial charge in [-0.15, -0.1) is 11.3 Å². The van der Waals surface area contributed by atoms with E-state index in [-0.39, 0.29) is 5.82 Å². The van der Waals surface area contributed by atoms with E-state index in [1.54, 1.807) is 17.4 Å². The van der Waals surface area contributed by atoms with Crippen LogP contribution in [0.2, 0.25) is 0 Å². The third-order valence-corrected chi connectivity index (χ3v) is 3.77. The summed E-state index contributed by atoms with van der Waals surface area (Å²) in [6, 6.07) is 4.46. The average molecular weight is 291 g/mol. The van der Waals surface area contributed by atoms with Crippen LogP contribution < -0.4 is 10.1 Å². The Bertz CT molecular complexity index is 750. The highest BCUT2D eigenvalue weighted by Gasteiger charge is 2.15. The normalized spacial score (nSPS) is 11.2. The standard InChI is InChI=1S/C14H14FN3OS/c1-9-7-10(15)3-4-12(9)19-13-11(8-16-2)18-5-6-20-14(18)17-13/h3-7,16H,8H2,1-2H3. The molecule has 3 aromatic rings. The van der Waals surface area contributed by atoms with Gasteiger partial charge in [-0.3, -0.25) is 4.40 Å². The number of hydrogen-bond acceptors (Lipinski definition) is 4. The molecule has 1 N–H and O–H groups in total. The molecule has 0 bridgehead atoms. The molecule has 0 aliphatic carbocycles. The number of nitrogens with one attached hydrogen (secondary N) is 1. The van der Waals surface area contributed by atoms with E-state index in [1.807, 2.05) is 29.9 Å². The molecular formula is C14H14FN3OS. The fourth-order valence-corrected chi connectivity index (χ4v) is 2.78. The summed E-state index contributed by atoms with van der Waals surface area (Å²) >= 11 is 1.55. The highest BCUT2D eigenvalue weighted by atomic mass is 32.1. The van der Waals surface area contributed by atoms with Gasteiger partial charge in [0.1, 0.15) is 17.3 Å². The van der Waals surface area contributed by atoms with Gasteiger partial charge in [0.2, 0.25) is 5.88 Å². The second-order valence-corrected chi connectivity index (χ2v) is 5.33. The molecule has 0 amide bonds. The number of imidazole rings is 1. The monoisotopic (exact) mass is 291 g/mol. The number of ether oxygens (including phenoxy) is 1. The molecule has 0 aliphatic heterocycles. The predicted molar refractivity (Wildman–Crippen MR) is 77.0 cm³/mol. The van der Waals surface area contributed by atoms with Crippen molar-refractivity contribution in [2.75, 3.05) is 7.05 Å². The fourth-order valence-electron chi connectivity index (χ4n) is 2.05. The van der Waals surface area contributed by atoms with E-state index in [9.17, 15) is 4.39 Å². The lowest BCUT2D eigenvalue weighted by Gasteiger charge is -2.08. The van der Waals surface area contributed by atoms with Crippen LogP contribution in [0.15, 0.2) is 29.8 Å². The zero-order valence-corrected chi connectivity index (χ0v) is 12.0. The number of aromatic nitrogens is 2. The maximum Gasteiger partial charge on any atom is 0.243 e. The minimum Gasteiger partial charge on any atom is -0.437 e. The van der Waals surface area contributed by atoms with Gasteiger partial charge in [-0.25, -0.2) is 4.39 Å². The third kappa shape index (κ3) is 2.28. The van der Waals surface area contributed by atoms with Crippen LogP contribution in [0, 0.1) is 12.7 Å². The lowest BCUT2D eigenvalue weighted by Crippen LogP contribution is -2.08. The van der Waals surface area contributed by atoms with E-state index in [1.165, 1.54) is 12.1 Å². The maximum atomic E-state index is 13.1. The smallest absolute Gasteiger partial charge is 0.243 e. The summed E-state index contributed by atoms with van der Waals surface area (Å²) in [5.74, 6) is 0.909. The van der Waals surface area contributed by atoms with E-state index in [0.29, 0.717) is 18.2 Å². The number of benzene rings is 1. The van der Waals surface area contributed by atoms with Crippen molar-refractivity contribution in [3.63, 3.8) is 0 Å². The summed E-state index contributed by atoms with van der Waals surface area (Å²) in [5.41, 5.74) is 1.70. The van der Waals surface area contributed by atoms with Gasteiger partial charge in [0.15, 0.2) is 4.96 Å². The van der Waals surface area contributed by atoms with E-state index in [0.717, 1.165) is 16.2 Å². The molecule has 0 spiro atoms. The Morgan fingerprint density at radius 3 is 3.05 bits per heavy atom. The van der Waals surface area contributed by atoms with Gasteiger partial charge in [-0.1, -0.05) is 0 Å². The first-order valence-electron chi connectivity index (χ1n) is 6.22. The van der Waals surface area contributed by atoms with E-state index < -0.39 is 0 Å². The summed E-state index contributed by atoms with van der Waals surface area (Å²) in [7, 11) is 1.87. The number of fused-ring (bicyclic) bond motifs is 1. The molecular weight excluding hydrogens is 277 g/mol. The molecule has 104 valence electrons. The first-order valence-corrected chi connectivity index (χ1v) is 7.10. The largest absolute Gasteiger partial charge is 0.437 e. The second kappa shape index (κ2) is 5.22. The molecule has 4 nitrogen and oxygen atoms in total. The van der Waals surface area contributed by atoms with Crippen molar-refractivity contribution < 1.29 is 9.13 Å². The molecule has 2 heterocycles. The Balaban J connectivity index is 2.01. The van der Waals surface area contributed by atoms with Crippen LogP contribution >= 0.6 is 11.3 Å². The number of hydrogen-bond donors (Lipinski definition) is 1. The molecule has 0 unspecified atom stereocenters. The summed E-state index contributed by atoms with van der Waals surface area (Å²) in [5, 5.41) is 5.09. The molecule has 0 saturated heterocycles. The SMILES string of the molecule is CNCc1c(Oc2ccc(F)cc2C)nc2sccn12. The number of nitrogens with zero attached hydrogens (tertiary/aromatic N) is 2. The van der Waals surface area contributed by atoms with Crippen LogP contribution in [-0.2, 0) is 6.54 Å². The Morgan fingerprint density at radius 1 is 1.45 bits per heavy atom. The lowest BCUT2D eigenvalue weighted by atomic mass is 10.2. The Hall–Kier alpha value is -1.92. The number of halogens is 1. The number of rotatable bonds is 4. The summed E-state index contributed by atoms with van der Waals surface area (Å²) in [6.07, 6.45) is 1.96. The van der Waals surface area contributed by atoms with E-state index in [4.69, 9.17) is 4.74 Å². The van der Waals surface area contributed by atoms with Crippen LogP contribution in [-0.4, -0.2) is 16.4 Å². The Labute approximate surface area is 119 Å². The van der Waals surface area contributed by atoms with Crippen molar-refractivity contribution >= 4 is 16.3 Å². The summed E-state index contributed by atoms with van der Waals surface area (Å²) in [4.78, 5) is 5.36. The highest BCUT2D eigenvalue weighted by molar-refractivity contribution is 7.15. The summed E-state index contributed by atoms with van der Waals surface area (Å²) in [6.45, 7) is 2.46. The van der Waals surface area contributed by atoms with Crippen LogP contribution in [0.4, 0.5) is 4.39 Å². The van der Waals surface area contributed by atoms with Gasteiger partial charge >= 0.3 is 0 Å². The van der Waals surface area contributed by atoms with Crippen molar-refractivity contribution in [3.05, 3.63) is 46.9 Å². The Morgan fingerprint density at radius 2 is 2.30 bits per heavy atom. The predicted octanol–water partition coefficient (Wildman–Crippen LogP) is 3.36. The van der Waals surface area contributed by atoms with Gasteiger partial charge in [-0.05, 0) is 37.7 Å². The summed E-state index contributed by atoms with van der Waals surface area (Å²) < 4.78 is 21.0. The quantitative estimate of drug-likeness (QED) is 0.801. The van der Waals surface area contributed by atoms with Gasteiger partial charge < -0.3 is 10.1 Å². The first-order chi connectivity index (χ1) is 9.69. The fraction of sp³-hybridized carbons (Fsp3) is 0.214. The molecule has 3 rings (SSSR count). The first kappa shape index (κ1) is 13.1. The minimum atomic E-state index is -0.267. The molecule has 0 saturated carbocycles. The zero-order valence-electron chi connectivity index (χ0n) is 11.2. The van der Waals surface area contributed by atoms with Gasteiger partial charge in [0.05, 0.1) is 0 Å². The molecule has 1 aromatic carbocycles. The number of thiazole rings is 1. The molecule has 6 heteroatoms. The third-order valence-electron chi connectivity index (χ3n) is 3.01. The van der Waals surface area contributed by atoms with Crippen molar-refractivity contribution in [2.24, 2.45) is 0 Å². The van der Waals surface area contributed by atoms with Gasteiger partial charge in [-0.2, -0.15) is 4.98 Å². The minimum absolute atomic E-state index is 0.267. The topological polar surface area (TPSA) is 38.6 Å². The van der Waals surface area contributed by atoms with Crippen LogP contribution in [0.25, 0.3) is 4.96 Å². The second-order valence-electron chi connectivity index (χ2n) is 4.46. The van der Waals surface area contributed by atoms with Crippen molar-refractivity contribution in [2.45, 2.75) is 13.5 Å². The zero-order chi connectivity index (χ0) is 14.1.